The Labute approximate surface area is 126 Å². The molecule has 7 nitrogen and oxygen atoms in total. The smallest absolute Gasteiger partial charge is 0.287 e. The molecule has 1 aromatic heterocycles. The molecule has 0 spiro atoms. The van der Waals surface area contributed by atoms with Gasteiger partial charge in [-0.3, -0.25) is 15.0 Å². The molecular weight excluding hydrogens is 284 g/mol. The Kier molecular flexibility index (Phi) is 3.64. The van der Waals surface area contributed by atoms with Crippen LogP contribution in [0.2, 0.25) is 0 Å². The average Bonchev–Trinajstić information content (AvgIpc) is 2.91. The summed E-state index contributed by atoms with van der Waals surface area (Å²) in [5.41, 5.74) is 9.65. The number of aromatic nitrogens is 1. The van der Waals surface area contributed by atoms with Gasteiger partial charge < -0.3 is 10.3 Å². The maximum absolute atomic E-state index is 11.6. The van der Waals surface area contributed by atoms with Crippen molar-refractivity contribution in [2.75, 3.05) is 0 Å². The van der Waals surface area contributed by atoms with Gasteiger partial charge in [-0.1, -0.05) is 35.5 Å². The summed E-state index contributed by atoms with van der Waals surface area (Å²) in [7, 11) is 0. The van der Waals surface area contributed by atoms with Crippen molar-refractivity contribution < 1.29 is 14.1 Å². The number of carbonyl (C=O) groups excluding carboxylic acids is 2. The van der Waals surface area contributed by atoms with Crippen LogP contribution in [0.3, 0.4) is 0 Å². The molecule has 22 heavy (non-hydrogen) atoms. The molecule has 1 saturated carbocycles. The van der Waals surface area contributed by atoms with Gasteiger partial charge >= 0.3 is 0 Å². The molecule has 0 bridgehead atoms. The van der Waals surface area contributed by atoms with Gasteiger partial charge in [0.1, 0.15) is 5.69 Å². The summed E-state index contributed by atoms with van der Waals surface area (Å²) in [6.45, 7) is 0. The van der Waals surface area contributed by atoms with Gasteiger partial charge in [0.15, 0.2) is 0 Å². The minimum absolute atomic E-state index is 0.00579. The highest BCUT2D eigenvalue weighted by atomic mass is 16.5. The third-order valence-electron chi connectivity index (χ3n) is 4.06. The lowest BCUT2D eigenvalue weighted by Crippen LogP contribution is -2.41. The van der Waals surface area contributed by atoms with Gasteiger partial charge in [0.05, 0.1) is 0 Å². The topological polar surface area (TPSA) is 124 Å². The van der Waals surface area contributed by atoms with Crippen molar-refractivity contribution in [2.45, 2.75) is 18.8 Å². The van der Waals surface area contributed by atoms with E-state index in [-0.39, 0.29) is 23.5 Å². The molecule has 5 N–H and O–H groups in total. The summed E-state index contributed by atoms with van der Waals surface area (Å²) in [4.78, 5) is 23.1. The lowest BCUT2D eigenvalue weighted by molar-refractivity contribution is -0.128. The normalized spacial score (nSPS) is 20.2. The van der Waals surface area contributed by atoms with E-state index < -0.39 is 5.91 Å². The minimum atomic E-state index is -0.656. The lowest BCUT2D eigenvalue weighted by Gasteiger charge is -2.33. The number of hydrogen-bond donors (Lipinski definition) is 3. The standard InChI is InChI=1S/C15H16N4O3/c16-14(20)13-11(9-6-10(7-9)15(21)18-17)12(19-22-13)8-4-2-1-3-5-8/h1-5,9-10H,6-7,17H2,(H2,16,20)(H,18,21)/t9-,10-. The number of primary amides is 1. The first-order valence-corrected chi connectivity index (χ1v) is 6.97. The Hall–Kier alpha value is -2.67. The van der Waals surface area contributed by atoms with Crippen molar-refractivity contribution in [2.24, 2.45) is 17.5 Å². The number of nitrogens with zero attached hydrogens (tertiary/aromatic N) is 1. The fourth-order valence-electron chi connectivity index (χ4n) is 2.84. The van der Waals surface area contributed by atoms with E-state index in [1.165, 1.54) is 0 Å². The monoisotopic (exact) mass is 300 g/mol. The molecule has 1 heterocycles. The molecule has 0 unspecified atom stereocenters. The van der Waals surface area contributed by atoms with E-state index in [1.54, 1.807) is 0 Å². The third-order valence-corrected chi connectivity index (χ3v) is 4.06. The van der Waals surface area contributed by atoms with Crippen LogP contribution in [0.4, 0.5) is 0 Å². The van der Waals surface area contributed by atoms with Gasteiger partial charge in [-0.25, -0.2) is 5.84 Å². The summed E-state index contributed by atoms with van der Waals surface area (Å²) in [5.74, 6) is 4.20. The van der Waals surface area contributed by atoms with Crippen molar-refractivity contribution in [3.63, 3.8) is 0 Å². The summed E-state index contributed by atoms with van der Waals surface area (Å²) < 4.78 is 5.14. The quantitative estimate of drug-likeness (QED) is 0.440. The van der Waals surface area contributed by atoms with Crippen LogP contribution in [0.5, 0.6) is 0 Å². The third kappa shape index (κ3) is 2.35. The number of nitrogens with one attached hydrogen (secondary N) is 1. The van der Waals surface area contributed by atoms with E-state index in [1.807, 2.05) is 30.3 Å². The van der Waals surface area contributed by atoms with Crippen LogP contribution >= 0.6 is 0 Å². The molecule has 0 saturated heterocycles. The molecule has 7 heteroatoms. The van der Waals surface area contributed by atoms with Crippen molar-refractivity contribution >= 4 is 11.8 Å². The number of amides is 2. The zero-order valence-electron chi connectivity index (χ0n) is 11.8. The van der Waals surface area contributed by atoms with Crippen LogP contribution in [0.1, 0.15) is 34.9 Å². The second kappa shape index (κ2) is 5.61. The lowest BCUT2D eigenvalue weighted by atomic mass is 9.70. The summed E-state index contributed by atoms with van der Waals surface area (Å²) in [5, 5.41) is 4.00. The maximum Gasteiger partial charge on any atom is 0.287 e. The van der Waals surface area contributed by atoms with Crippen LogP contribution in [0.25, 0.3) is 11.3 Å². The van der Waals surface area contributed by atoms with Crippen LogP contribution < -0.4 is 17.0 Å². The highest BCUT2D eigenvalue weighted by molar-refractivity contribution is 5.93. The van der Waals surface area contributed by atoms with Gasteiger partial charge in [0, 0.05) is 17.0 Å². The maximum atomic E-state index is 11.6. The Balaban J connectivity index is 1.94. The van der Waals surface area contributed by atoms with E-state index in [4.69, 9.17) is 16.1 Å². The second-order valence-electron chi connectivity index (χ2n) is 5.38. The van der Waals surface area contributed by atoms with Crippen LogP contribution in [-0.2, 0) is 4.79 Å². The highest BCUT2D eigenvalue weighted by Gasteiger charge is 2.40. The highest BCUT2D eigenvalue weighted by Crippen LogP contribution is 2.46. The minimum Gasteiger partial charge on any atom is -0.363 e. The Morgan fingerprint density at radius 1 is 1.23 bits per heavy atom. The van der Waals surface area contributed by atoms with Gasteiger partial charge in [0.2, 0.25) is 11.7 Å². The molecule has 1 aliphatic rings. The Morgan fingerprint density at radius 2 is 1.91 bits per heavy atom. The molecule has 2 amide bonds. The van der Waals surface area contributed by atoms with Crippen molar-refractivity contribution in [3.8, 4) is 11.3 Å². The fourth-order valence-corrected chi connectivity index (χ4v) is 2.84. The van der Waals surface area contributed by atoms with Gasteiger partial charge in [-0.15, -0.1) is 0 Å². The molecule has 0 atom stereocenters. The number of hydrogen-bond acceptors (Lipinski definition) is 5. The van der Waals surface area contributed by atoms with E-state index >= 15 is 0 Å². The van der Waals surface area contributed by atoms with E-state index in [0.29, 0.717) is 24.1 Å². The molecule has 0 aliphatic heterocycles. The van der Waals surface area contributed by atoms with E-state index in [2.05, 4.69) is 10.6 Å². The molecular formula is C15H16N4O3. The van der Waals surface area contributed by atoms with E-state index in [9.17, 15) is 9.59 Å². The second-order valence-corrected chi connectivity index (χ2v) is 5.38. The summed E-state index contributed by atoms with van der Waals surface area (Å²) in [6.07, 6.45) is 1.18. The first-order valence-electron chi connectivity index (χ1n) is 6.97. The fraction of sp³-hybridized carbons (Fsp3) is 0.267. The Morgan fingerprint density at radius 3 is 2.50 bits per heavy atom. The number of rotatable bonds is 4. The van der Waals surface area contributed by atoms with Gasteiger partial charge in [0.25, 0.3) is 5.91 Å². The van der Waals surface area contributed by atoms with Crippen molar-refractivity contribution in [1.82, 2.24) is 10.6 Å². The first-order chi connectivity index (χ1) is 10.6. The first kappa shape index (κ1) is 14.3. The predicted molar refractivity (Wildman–Crippen MR) is 78.3 cm³/mol. The van der Waals surface area contributed by atoms with Crippen LogP contribution in [-0.4, -0.2) is 17.0 Å². The Bertz CT molecular complexity index is 705. The number of hydrazine groups is 1. The largest absolute Gasteiger partial charge is 0.363 e. The van der Waals surface area contributed by atoms with Gasteiger partial charge in [-0.2, -0.15) is 0 Å². The predicted octanol–water partition coefficient (Wildman–Crippen LogP) is 0.924. The molecule has 114 valence electrons. The van der Waals surface area contributed by atoms with Crippen LogP contribution in [0, 0.1) is 5.92 Å². The molecule has 3 rings (SSSR count). The zero-order chi connectivity index (χ0) is 15.7. The zero-order valence-corrected chi connectivity index (χ0v) is 11.8. The van der Waals surface area contributed by atoms with Crippen LogP contribution in [0.15, 0.2) is 34.9 Å². The van der Waals surface area contributed by atoms with Crippen molar-refractivity contribution in [3.05, 3.63) is 41.7 Å². The molecule has 1 aromatic carbocycles. The molecule has 0 radical (unpaired) electrons. The summed E-state index contributed by atoms with van der Waals surface area (Å²) in [6, 6.07) is 9.42. The number of benzene rings is 1. The van der Waals surface area contributed by atoms with Gasteiger partial charge in [-0.05, 0) is 18.8 Å². The van der Waals surface area contributed by atoms with E-state index in [0.717, 1.165) is 5.56 Å². The molecule has 1 aliphatic carbocycles. The SMILES string of the molecule is NNC(=O)[C@H]1C[C@H](c2c(-c3ccccc3)noc2C(N)=O)C1. The van der Waals surface area contributed by atoms with Crippen molar-refractivity contribution in [1.29, 1.82) is 0 Å². The average molecular weight is 300 g/mol. The number of carbonyl (C=O) groups is 2. The summed E-state index contributed by atoms with van der Waals surface area (Å²) >= 11 is 0. The molecule has 1 fully saturated rings. The molecule has 2 aromatic rings. The number of nitrogens with two attached hydrogens (primary N) is 2.